The molecule has 2 saturated heterocycles. The van der Waals surface area contributed by atoms with Gasteiger partial charge in [-0.05, 0) is 65.7 Å². The molecule has 3 heteroatoms. The average molecular weight is 225 g/mol. The largest absolute Gasteiger partial charge is 0.328 e. The first-order valence-electron chi connectivity index (χ1n) is 6.83. The zero-order valence-electron chi connectivity index (χ0n) is 10.9. The van der Waals surface area contributed by atoms with Crippen molar-refractivity contribution in [3.8, 4) is 0 Å². The zero-order valence-corrected chi connectivity index (χ0v) is 10.9. The fraction of sp³-hybridized carbons (Fsp3) is 1.00. The average Bonchev–Trinajstić information content (AvgIpc) is 2.45. The Bertz CT molecular complexity index is 203. The first-order chi connectivity index (χ1) is 7.66. The summed E-state index contributed by atoms with van der Waals surface area (Å²) in [6.07, 6.45) is 7.95. The van der Waals surface area contributed by atoms with Crippen molar-refractivity contribution in [1.29, 1.82) is 0 Å². The standard InChI is InChI=1S/C13H27N3/c1-15(2)7-3-4-8-16-12-5-6-13(16)10-11(14)9-12/h11-13H,3-10,14H2,1-2H3. The lowest BCUT2D eigenvalue weighted by molar-refractivity contribution is 0.124. The van der Waals surface area contributed by atoms with E-state index in [1.807, 2.05) is 0 Å². The van der Waals surface area contributed by atoms with E-state index in [2.05, 4.69) is 23.9 Å². The Morgan fingerprint density at radius 2 is 1.75 bits per heavy atom. The van der Waals surface area contributed by atoms with Crippen molar-refractivity contribution >= 4 is 0 Å². The van der Waals surface area contributed by atoms with Crippen LogP contribution < -0.4 is 5.73 Å². The SMILES string of the molecule is CN(C)CCCCN1C2CCC1CC(N)C2. The molecule has 0 radical (unpaired) electrons. The number of nitrogens with two attached hydrogens (primary N) is 1. The summed E-state index contributed by atoms with van der Waals surface area (Å²) in [7, 11) is 4.31. The predicted octanol–water partition coefficient (Wildman–Crippen LogP) is 1.28. The van der Waals surface area contributed by atoms with Gasteiger partial charge in [0.1, 0.15) is 0 Å². The number of piperidine rings is 1. The first kappa shape index (κ1) is 12.3. The van der Waals surface area contributed by atoms with Gasteiger partial charge in [0.25, 0.3) is 0 Å². The van der Waals surface area contributed by atoms with Crippen molar-refractivity contribution in [2.45, 2.75) is 56.7 Å². The number of rotatable bonds is 5. The van der Waals surface area contributed by atoms with E-state index >= 15 is 0 Å². The maximum atomic E-state index is 6.08. The van der Waals surface area contributed by atoms with Crippen molar-refractivity contribution in [1.82, 2.24) is 9.80 Å². The Labute approximate surface area is 100.0 Å². The highest BCUT2D eigenvalue weighted by molar-refractivity contribution is 4.96. The second kappa shape index (κ2) is 5.48. The summed E-state index contributed by atoms with van der Waals surface area (Å²) in [6.45, 7) is 2.53. The lowest BCUT2D eigenvalue weighted by atomic mass is 9.98. The number of nitrogens with zero attached hydrogens (tertiary/aromatic N) is 2. The Kier molecular flexibility index (Phi) is 4.22. The molecule has 2 aliphatic heterocycles. The topological polar surface area (TPSA) is 32.5 Å². The Balaban J connectivity index is 1.70. The van der Waals surface area contributed by atoms with Gasteiger partial charge < -0.3 is 10.6 Å². The lowest BCUT2D eigenvalue weighted by Gasteiger charge is -2.37. The molecular weight excluding hydrogens is 198 g/mol. The molecule has 2 N–H and O–H groups in total. The van der Waals surface area contributed by atoms with Crippen LogP contribution in [0.3, 0.4) is 0 Å². The minimum Gasteiger partial charge on any atom is -0.328 e. The van der Waals surface area contributed by atoms with Crippen molar-refractivity contribution in [2.24, 2.45) is 5.73 Å². The van der Waals surface area contributed by atoms with Gasteiger partial charge in [-0.1, -0.05) is 0 Å². The van der Waals surface area contributed by atoms with E-state index < -0.39 is 0 Å². The molecule has 2 rings (SSSR count). The van der Waals surface area contributed by atoms with Gasteiger partial charge in [-0.25, -0.2) is 0 Å². The maximum absolute atomic E-state index is 6.08. The molecule has 2 atom stereocenters. The molecule has 2 heterocycles. The third kappa shape index (κ3) is 2.96. The summed E-state index contributed by atoms with van der Waals surface area (Å²) >= 11 is 0. The Hall–Kier alpha value is -0.120. The fourth-order valence-electron chi connectivity index (χ4n) is 3.40. The van der Waals surface area contributed by atoms with Crippen molar-refractivity contribution < 1.29 is 0 Å². The van der Waals surface area contributed by atoms with E-state index in [1.54, 1.807) is 0 Å². The summed E-state index contributed by atoms with van der Waals surface area (Å²) in [6, 6.07) is 2.11. The first-order valence-corrected chi connectivity index (χ1v) is 6.83. The van der Waals surface area contributed by atoms with E-state index in [-0.39, 0.29) is 0 Å². The predicted molar refractivity (Wildman–Crippen MR) is 68.5 cm³/mol. The molecule has 0 aromatic heterocycles. The van der Waals surface area contributed by atoms with E-state index in [1.165, 1.54) is 51.6 Å². The summed E-state index contributed by atoms with van der Waals surface area (Å²) in [5.41, 5.74) is 6.08. The van der Waals surface area contributed by atoms with Crippen LogP contribution >= 0.6 is 0 Å². The molecule has 0 amide bonds. The number of fused-ring (bicyclic) bond motifs is 2. The van der Waals surface area contributed by atoms with Gasteiger partial charge in [-0.2, -0.15) is 0 Å². The van der Waals surface area contributed by atoms with E-state index in [4.69, 9.17) is 5.73 Å². The molecule has 0 aromatic carbocycles. The maximum Gasteiger partial charge on any atom is 0.0113 e. The molecule has 0 saturated carbocycles. The van der Waals surface area contributed by atoms with Crippen LogP contribution in [0.25, 0.3) is 0 Å². The van der Waals surface area contributed by atoms with Crippen LogP contribution in [-0.4, -0.2) is 55.1 Å². The van der Waals surface area contributed by atoms with Crippen LogP contribution in [0, 0.1) is 0 Å². The van der Waals surface area contributed by atoms with E-state index in [0.29, 0.717) is 6.04 Å². The second-order valence-corrected chi connectivity index (χ2v) is 5.86. The van der Waals surface area contributed by atoms with Gasteiger partial charge in [-0.3, -0.25) is 4.90 Å². The van der Waals surface area contributed by atoms with Crippen molar-refractivity contribution in [3.63, 3.8) is 0 Å². The van der Waals surface area contributed by atoms with Crippen LogP contribution in [0.2, 0.25) is 0 Å². The van der Waals surface area contributed by atoms with Gasteiger partial charge in [0.15, 0.2) is 0 Å². The molecule has 2 bridgehead atoms. The van der Waals surface area contributed by atoms with Gasteiger partial charge in [0.05, 0.1) is 0 Å². The normalized spacial score (nSPS) is 34.9. The van der Waals surface area contributed by atoms with Crippen LogP contribution in [0.4, 0.5) is 0 Å². The lowest BCUT2D eigenvalue weighted by Crippen LogP contribution is -2.47. The molecule has 0 spiro atoms. The van der Waals surface area contributed by atoms with E-state index in [0.717, 1.165) is 12.1 Å². The minimum atomic E-state index is 0.482. The van der Waals surface area contributed by atoms with Crippen LogP contribution in [0.15, 0.2) is 0 Å². The highest BCUT2D eigenvalue weighted by atomic mass is 15.2. The van der Waals surface area contributed by atoms with Gasteiger partial charge >= 0.3 is 0 Å². The second-order valence-electron chi connectivity index (χ2n) is 5.86. The third-order valence-corrected chi connectivity index (χ3v) is 4.19. The summed E-state index contributed by atoms with van der Waals surface area (Å²) in [4.78, 5) is 5.03. The molecule has 2 aliphatic rings. The molecule has 94 valence electrons. The fourth-order valence-corrected chi connectivity index (χ4v) is 3.40. The number of unbranched alkanes of at least 4 members (excludes halogenated alkanes) is 1. The molecule has 2 unspecified atom stereocenters. The Morgan fingerprint density at radius 1 is 1.12 bits per heavy atom. The molecular formula is C13H27N3. The number of hydrogen-bond donors (Lipinski definition) is 1. The summed E-state index contributed by atoms with van der Waals surface area (Å²) < 4.78 is 0. The highest BCUT2D eigenvalue weighted by Crippen LogP contribution is 2.34. The molecule has 0 aromatic rings. The minimum absolute atomic E-state index is 0.482. The number of hydrogen-bond acceptors (Lipinski definition) is 3. The molecule has 16 heavy (non-hydrogen) atoms. The quantitative estimate of drug-likeness (QED) is 0.716. The molecule has 2 fully saturated rings. The van der Waals surface area contributed by atoms with Crippen molar-refractivity contribution in [3.05, 3.63) is 0 Å². The zero-order chi connectivity index (χ0) is 11.5. The highest BCUT2D eigenvalue weighted by Gasteiger charge is 2.38. The van der Waals surface area contributed by atoms with E-state index in [9.17, 15) is 0 Å². The molecule has 3 nitrogen and oxygen atoms in total. The summed E-state index contributed by atoms with van der Waals surface area (Å²) in [5.74, 6) is 0. The molecule has 0 aliphatic carbocycles. The smallest absolute Gasteiger partial charge is 0.0113 e. The van der Waals surface area contributed by atoms with Gasteiger partial charge in [0, 0.05) is 18.1 Å². The van der Waals surface area contributed by atoms with Crippen LogP contribution in [0.1, 0.15) is 38.5 Å². The Morgan fingerprint density at radius 3 is 2.31 bits per heavy atom. The van der Waals surface area contributed by atoms with Gasteiger partial charge in [0.2, 0.25) is 0 Å². The third-order valence-electron chi connectivity index (χ3n) is 4.19. The van der Waals surface area contributed by atoms with Gasteiger partial charge in [-0.15, -0.1) is 0 Å². The van der Waals surface area contributed by atoms with Crippen LogP contribution in [-0.2, 0) is 0 Å². The monoisotopic (exact) mass is 225 g/mol. The van der Waals surface area contributed by atoms with Crippen molar-refractivity contribution in [2.75, 3.05) is 27.2 Å². The summed E-state index contributed by atoms with van der Waals surface area (Å²) in [5, 5.41) is 0. The van der Waals surface area contributed by atoms with Crippen LogP contribution in [0.5, 0.6) is 0 Å².